The van der Waals surface area contributed by atoms with E-state index in [4.69, 9.17) is 0 Å². The summed E-state index contributed by atoms with van der Waals surface area (Å²) in [6.45, 7) is 0. The van der Waals surface area contributed by atoms with Gasteiger partial charge in [0.05, 0.1) is 0 Å². The fourth-order valence-electron chi connectivity index (χ4n) is 0. The average molecular weight is 257 g/mol. The summed E-state index contributed by atoms with van der Waals surface area (Å²) in [5.74, 6) is 0. The number of rotatable bonds is 0. The summed E-state index contributed by atoms with van der Waals surface area (Å²) in [4.78, 5) is 0. The van der Waals surface area contributed by atoms with E-state index in [1.807, 2.05) is 0 Å². The Kier molecular flexibility index (Phi) is 0. The Hall–Kier alpha value is 0. The van der Waals surface area contributed by atoms with Gasteiger partial charge in [0.1, 0.15) is 0 Å². The molecule has 0 saturated carbocycles. The Balaban J connectivity index is 0. The Labute approximate surface area is 119 Å². The van der Waals surface area contributed by atoms with Gasteiger partial charge in [0.2, 0.25) is 0 Å². The van der Waals surface area contributed by atoms with E-state index in [1.54, 1.807) is 0 Å². The summed E-state index contributed by atoms with van der Waals surface area (Å²) in [5, 5.41) is 0. The predicted molar refractivity (Wildman–Crippen MR) is 108 cm³/mol. The minimum absolute atomic E-state index is 0. The molecule has 0 aromatic rings. The first-order valence-electron chi connectivity index (χ1n) is 0. The fourth-order valence-corrected chi connectivity index (χ4v) is 0. The van der Waals surface area contributed by atoms with Crippen molar-refractivity contribution in [2.75, 3.05) is 0 Å². The summed E-state index contributed by atoms with van der Waals surface area (Å²) in [5.41, 5.74) is 0. The van der Waals surface area contributed by atoms with Crippen molar-refractivity contribution in [3.8, 4) is 0 Å². The van der Waals surface area contributed by atoms with Gasteiger partial charge in [-0.2, -0.15) is 0 Å². The SMILES string of the molecule is C.C.C.C.C.C.C.C.C.C.C.C.C.C.C.C. The van der Waals surface area contributed by atoms with E-state index in [2.05, 4.69) is 0 Å². The van der Waals surface area contributed by atoms with E-state index in [9.17, 15) is 0 Å². The Bertz CT molecular complexity index is 0. The molecule has 0 aliphatic rings. The van der Waals surface area contributed by atoms with Crippen LogP contribution in [0.15, 0.2) is 0 Å². The molecule has 0 amide bonds. The predicted octanol–water partition coefficient (Wildman–Crippen LogP) is 10.2. The summed E-state index contributed by atoms with van der Waals surface area (Å²) in [6, 6.07) is 0. The monoisotopic (exact) mass is 257 g/mol. The van der Waals surface area contributed by atoms with E-state index >= 15 is 0 Å². The van der Waals surface area contributed by atoms with Gasteiger partial charge in [-0.25, -0.2) is 0 Å². The van der Waals surface area contributed by atoms with Crippen molar-refractivity contribution >= 4 is 0 Å². The van der Waals surface area contributed by atoms with Gasteiger partial charge in [0.25, 0.3) is 0 Å². The molecule has 0 heteroatoms. The second-order valence-corrected chi connectivity index (χ2v) is 0. The molecule has 0 atom stereocenters. The Morgan fingerprint density at radius 2 is 0.0625 bits per heavy atom. The van der Waals surface area contributed by atoms with Gasteiger partial charge < -0.3 is 0 Å². The van der Waals surface area contributed by atoms with E-state index in [0.29, 0.717) is 0 Å². The maximum Gasteiger partial charge on any atom is -0.0776 e. The van der Waals surface area contributed by atoms with Gasteiger partial charge in [0.15, 0.2) is 0 Å². The third-order valence-corrected chi connectivity index (χ3v) is 0. The molecule has 0 aliphatic carbocycles. The lowest BCUT2D eigenvalue weighted by atomic mass is 12.0. The van der Waals surface area contributed by atoms with E-state index < -0.39 is 0 Å². The molecule has 0 nitrogen and oxygen atoms in total. The molecule has 16 heavy (non-hydrogen) atoms. The van der Waals surface area contributed by atoms with Gasteiger partial charge in [-0.05, 0) is 0 Å². The van der Waals surface area contributed by atoms with Crippen molar-refractivity contribution < 1.29 is 0 Å². The fraction of sp³-hybridized carbons (Fsp3) is 1.00. The Morgan fingerprint density at radius 1 is 0.0625 bits per heavy atom. The van der Waals surface area contributed by atoms with E-state index in [0.717, 1.165) is 0 Å². The molecule has 0 unspecified atom stereocenters. The standard InChI is InChI=1S/16CH4/h16*1H4. The van der Waals surface area contributed by atoms with Crippen LogP contribution in [0.3, 0.4) is 0 Å². The first-order valence-corrected chi connectivity index (χ1v) is 0. The van der Waals surface area contributed by atoms with Crippen molar-refractivity contribution in [3.63, 3.8) is 0 Å². The Morgan fingerprint density at radius 3 is 0.0625 bits per heavy atom. The lowest BCUT2D eigenvalue weighted by Crippen LogP contribution is 0.143. The van der Waals surface area contributed by atoms with Crippen molar-refractivity contribution in [2.45, 2.75) is 119 Å². The van der Waals surface area contributed by atoms with Crippen molar-refractivity contribution in [2.24, 2.45) is 0 Å². The largest absolute Gasteiger partial charge is 0.0776 e. The highest BCUT2D eigenvalue weighted by atomic mass is 12.0. The van der Waals surface area contributed by atoms with Crippen LogP contribution in [0.25, 0.3) is 0 Å². The van der Waals surface area contributed by atoms with Crippen molar-refractivity contribution in [3.05, 3.63) is 0 Å². The summed E-state index contributed by atoms with van der Waals surface area (Å²) in [7, 11) is 0. The molecule has 0 spiro atoms. The molecule has 0 rings (SSSR count). The second kappa shape index (κ2) is 0. The lowest BCUT2D eigenvalue weighted by Gasteiger charge is -0.0786. The van der Waals surface area contributed by atoms with Crippen LogP contribution in [0, 0.1) is 0 Å². The zero-order valence-electron chi connectivity index (χ0n) is 0. The molecular weight excluding hydrogens is 192 g/mol. The first kappa shape index (κ1) is 0. The zero-order chi connectivity index (χ0) is 0. The van der Waals surface area contributed by atoms with Crippen molar-refractivity contribution in [1.82, 2.24) is 0 Å². The third-order valence-electron chi connectivity index (χ3n) is 0. The highest BCUT2D eigenvalue weighted by molar-refractivity contribution is 2.52. The van der Waals surface area contributed by atoms with Crippen LogP contribution in [0.4, 0.5) is 0 Å². The normalized spacial score (nSPS) is 0. The van der Waals surface area contributed by atoms with Gasteiger partial charge in [-0.1, -0.05) is 119 Å². The third kappa shape index (κ3) is 0. The minimum Gasteiger partial charge on any atom is -0.0776 e. The minimum atomic E-state index is 0. The second-order valence-electron chi connectivity index (χ2n) is 0. The highest BCUT2D eigenvalue weighted by Gasteiger charge is -0.0626. The van der Waals surface area contributed by atoms with Crippen LogP contribution < -0.4 is 0 Å². The summed E-state index contributed by atoms with van der Waals surface area (Å²) in [6.07, 6.45) is 0. The van der Waals surface area contributed by atoms with Crippen LogP contribution in [-0.2, 0) is 0 Å². The summed E-state index contributed by atoms with van der Waals surface area (Å²) < 4.78 is 0. The molecule has 0 aliphatic heterocycles. The van der Waals surface area contributed by atoms with Gasteiger partial charge in [-0.3, -0.25) is 0 Å². The van der Waals surface area contributed by atoms with Crippen LogP contribution in [0.5, 0.6) is 0 Å². The molecular formula is C16H64. The molecule has 128 valence electrons. The molecule has 0 bridgehead atoms. The number of hydrogen-bond acceptors (Lipinski definition) is 0. The molecule has 0 radical (unpaired) electrons. The van der Waals surface area contributed by atoms with Gasteiger partial charge in [-0.15, -0.1) is 0 Å². The zero-order valence-corrected chi connectivity index (χ0v) is 0. The first-order chi connectivity index (χ1) is 0. The van der Waals surface area contributed by atoms with Gasteiger partial charge in [0, 0.05) is 0 Å². The maximum atomic E-state index is 0. The quantitative estimate of drug-likeness (QED) is 0.404. The molecule has 0 saturated heterocycles. The molecule has 0 aromatic heterocycles. The van der Waals surface area contributed by atoms with Crippen LogP contribution in [0.2, 0.25) is 0 Å². The van der Waals surface area contributed by atoms with Gasteiger partial charge >= 0.3 is 0 Å². The lowest BCUT2D eigenvalue weighted by molar-refractivity contribution is 2.50. The van der Waals surface area contributed by atoms with Crippen LogP contribution in [0.1, 0.15) is 119 Å². The van der Waals surface area contributed by atoms with Crippen LogP contribution >= 0.6 is 0 Å². The number of hydrogen-bond donors (Lipinski definition) is 0. The smallest absolute Gasteiger partial charge is 0.0776 e. The van der Waals surface area contributed by atoms with Crippen LogP contribution in [-0.4, -0.2) is 0 Å². The molecule has 0 aromatic carbocycles. The molecule has 0 fully saturated rings. The van der Waals surface area contributed by atoms with E-state index in [1.165, 1.54) is 0 Å². The summed E-state index contributed by atoms with van der Waals surface area (Å²) >= 11 is 0. The molecule has 0 N–H and O–H groups in total. The highest BCUT2D eigenvalue weighted by Crippen LogP contribution is 0.159. The van der Waals surface area contributed by atoms with Crippen molar-refractivity contribution in [1.29, 1.82) is 0 Å². The van der Waals surface area contributed by atoms with E-state index in [-0.39, 0.29) is 119 Å². The average Bonchev–Trinajstić information content (AvgIpc) is 0. The molecule has 0 heterocycles. The topological polar surface area (TPSA) is 0 Å². The maximum absolute atomic E-state index is 0.